The van der Waals surface area contributed by atoms with Crippen LogP contribution in [-0.4, -0.2) is 17.6 Å². The fraction of sp³-hybridized carbons (Fsp3) is 0.750. The number of nitrogens with one attached hydrogen (secondary N) is 1. The molecule has 16 heavy (non-hydrogen) atoms. The lowest BCUT2D eigenvalue weighted by atomic mass is 9.95. The molecule has 1 aromatic rings. The van der Waals surface area contributed by atoms with Crippen molar-refractivity contribution in [2.24, 2.45) is 11.7 Å². The van der Waals surface area contributed by atoms with Crippen LogP contribution in [0.4, 0.5) is 5.13 Å². The summed E-state index contributed by atoms with van der Waals surface area (Å²) in [6.07, 6.45) is 2.30. The Morgan fingerprint density at radius 3 is 2.38 bits per heavy atom. The second kappa shape index (κ2) is 6.21. The molecule has 1 heterocycles. The molecular formula is C12H23N3S. The van der Waals surface area contributed by atoms with E-state index >= 15 is 0 Å². The third-order valence-corrected chi connectivity index (χ3v) is 4.20. The van der Waals surface area contributed by atoms with E-state index in [1.165, 1.54) is 4.88 Å². The summed E-state index contributed by atoms with van der Waals surface area (Å²) in [6, 6.07) is 0.222. The molecule has 92 valence electrons. The molecule has 0 aliphatic carbocycles. The molecule has 0 aliphatic heterocycles. The van der Waals surface area contributed by atoms with Crippen LogP contribution in [0.3, 0.4) is 0 Å². The number of hydrogen-bond donors (Lipinski definition) is 2. The van der Waals surface area contributed by atoms with Crippen LogP contribution < -0.4 is 11.1 Å². The van der Waals surface area contributed by atoms with Crippen molar-refractivity contribution in [3.05, 3.63) is 10.6 Å². The van der Waals surface area contributed by atoms with Gasteiger partial charge in [0, 0.05) is 17.5 Å². The largest absolute Gasteiger partial charge is 0.360 e. The summed E-state index contributed by atoms with van der Waals surface area (Å²) in [6.45, 7) is 9.35. The summed E-state index contributed by atoms with van der Waals surface area (Å²) in [5, 5.41) is 4.33. The number of aryl methyl sites for hydroxylation is 2. The van der Waals surface area contributed by atoms with E-state index in [1.807, 2.05) is 6.92 Å². The van der Waals surface area contributed by atoms with Gasteiger partial charge >= 0.3 is 0 Å². The van der Waals surface area contributed by atoms with Gasteiger partial charge in [-0.2, -0.15) is 0 Å². The molecule has 0 saturated carbocycles. The van der Waals surface area contributed by atoms with Gasteiger partial charge in [0.1, 0.15) is 0 Å². The minimum absolute atomic E-state index is 0.222. The van der Waals surface area contributed by atoms with Gasteiger partial charge in [0.15, 0.2) is 5.13 Å². The van der Waals surface area contributed by atoms with E-state index in [-0.39, 0.29) is 6.04 Å². The van der Waals surface area contributed by atoms with Gasteiger partial charge in [-0.3, -0.25) is 0 Å². The van der Waals surface area contributed by atoms with Crippen molar-refractivity contribution < 1.29 is 0 Å². The molecular weight excluding hydrogens is 218 g/mol. The molecule has 0 saturated heterocycles. The van der Waals surface area contributed by atoms with Crippen LogP contribution in [0, 0.1) is 19.8 Å². The van der Waals surface area contributed by atoms with Crippen LogP contribution in [0.5, 0.6) is 0 Å². The maximum absolute atomic E-state index is 6.15. The zero-order valence-electron chi connectivity index (χ0n) is 10.7. The molecule has 1 rings (SSSR count). The molecule has 0 fully saturated rings. The van der Waals surface area contributed by atoms with Gasteiger partial charge in [0.25, 0.3) is 0 Å². The highest BCUT2D eigenvalue weighted by molar-refractivity contribution is 7.15. The van der Waals surface area contributed by atoms with Crippen molar-refractivity contribution in [1.29, 1.82) is 0 Å². The van der Waals surface area contributed by atoms with Crippen molar-refractivity contribution in [3.63, 3.8) is 0 Å². The molecule has 1 atom stereocenters. The Hall–Kier alpha value is -0.610. The normalized spacial score (nSPS) is 13.1. The highest BCUT2D eigenvalue weighted by Gasteiger charge is 2.14. The van der Waals surface area contributed by atoms with E-state index in [0.717, 1.165) is 30.2 Å². The third kappa shape index (κ3) is 3.46. The average Bonchev–Trinajstić information content (AvgIpc) is 2.57. The lowest BCUT2D eigenvalue weighted by Gasteiger charge is -2.21. The topological polar surface area (TPSA) is 50.9 Å². The zero-order chi connectivity index (χ0) is 12.1. The van der Waals surface area contributed by atoms with Gasteiger partial charge in [-0.15, -0.1) is 11.3 Å². The van der Waals surface area contributed by atoms with Crippen molar-refractivity contribution >= 4 is 16.5 Å². The molecule has 0 radical (unpaired) electrons. The van der Waals surface area contributed by atoms with Gasteiger partial charge in [-0.05, 0) is 19.8 Å². The van der Waals surface area contributed by atoms with Crippen molar-refractivity contribution in [2.75, 3.05) is 11.9 Å². The minimum Gasteiger partial charge on any atom is -0.360 e. The summed E-state index contributed by atoms with van der Waals surface area (Å²) in [5.74, 6) is 0.606. The summed E-state index contributed by atoms with van der Waals surface area (Å²) in [5.41, 5.74) is 7.26. The maximum Gasteiger partial charge on any atom is 0.183 e. The lowest BCUT2D eigenvalue weighted by molar-refractivity contribution is 0.407. The van der Waals surface area contributed by atoms with Gasteiger partial charge in [0.2, 0.25) is 0 Å². The van der Waals surface area contributed by atoms with E-state index in [4.69, 9.17) is 5.73 Å². The molecule has 1 unspecified atom stereocenters. The third-order valence-electron chi connectivity index (χ3n) is 3.17. The Balaban J connectivity index is 2.45. The highest BCUT2D eigenvalue weighted by atomic mass is 32.1. The van der Waals surface area contributed by atoms with Gasteiger partial charge < -0.3 is 11.1 Å². The van der Waals surface area contributed by atoms with Gasteiger partial charge in [-0.1, -0.05) is 26.7 Å². The molecule has 0 spiro atoms. The van der Waals surface area contributed by atoms with Gasteiger partial charge in [-0.25, -0.2) is 4.98 Å². The Kier molecular flexibility index (Phi) is 5.22. The molecule has 0 aromatic carbocycles. The monoisotopic (exact) mass is 241 g/mol. The van der Waals surface area contributed by atoms with Crippen molar-refractivity contribution in [2.45, 2.75) is 46.6 Å². The number of anilines is 1. The zero-order valence-corrected chi connectivity index (χ0v) is 11.5. The van der Waals surface area contributed by atoms with Crippen LogP contribution in [0.2, 0.25) is 0 Å². The number of nitrogens with two attached hydrogens (primary N) is 1. The Morgan fingerprint density at radius 1 is 1.31 bits per heavy atom. The molecule has 0 aliphatic rings. The minimum atomic E-state index is 0.222. The highest BCUT2D eigenvalue weighted by Crippen LogP contribution is 2.21. The molecule has 0 bridgehead atoms. The first-order valence-corrected chi connectivity index (χ1v) is 6.83. The fourth-order valence-electron chi connectivity index (χ4n) is 1.81. The van der Waals surface area contributed by atoms with E-state index in [9.17, 15) is 0 Å². The van der Waals surface area contributed by atoms with E-state index in [0.29, 0.717) is 5.92 Å². The molecule has 3 nitrogen and oxygen atoms in total. The van der Waals surface area contributed by atoms with E-state index in [2.05, 4.69) is 31.1 Å². The predicted octanol–water partition coefficient (Wildman–Crippen LogP) is 2.94. The number of rotatable bonds is 6. The van der Waals surface area contributed by atoms with E-state index < -0.39 is 0 Å². The second-order valence-electron chi connectivity index (χ2n) is 4.28. The van der Waals surface area contributed by atoms with Gasteiger partial charge in [0.05, 0.1) is 5.69 Å². The van der Waals surface area contributed by atoms with E-state index in [1.54, 1.807) is 11.3 Å². The smallest absolute Gasteiger partial charge is 0.183 e. The fourth-order valence-corrected chi connectivity index (χ4v) is 2.64. The summed E-state index contributed by atoms with van der Waals surface area (Å²) >= 11 is 1.71. The molecule has 1 aromatic heterocycles. The number of thiazole rings is 1. The quantitative estimate of drug-likeness (QED) is 0.805. The number of nitrogens with zero attached hydrogens (tertiary/aromatic N) is 1. The SMILES string of the molecule is CCC(CC)C(N)CNc1nc(C)c(C)s1. The maximum atomic E-state index is 6.15. The van der Waals surface area contributed by atoms with Crippen molar-refractivity contribution in [1.82, 2.24) is 4.98 Å². The molecule has 4 heteroatoms. The van der Waals surface area contributed by atoms with Crippen LogP contribution in [0.15, 0.2) is 0 Å². The second-order valence-corrected chi connectivity index (χ2v) is 5.49. The summed E-state index contributed by atoms with van der Waals surface area (Å²) < 4.78 is 0. The first kappa shape index (κ1) is 13.5. The van der Waals surface area contributed by atoms with Crippen LogP contribution in [0.25, 0.3) is 0 Å². The van der Waals surface area contributed by atoms with Crippen molar-refractivity contribution in [3.8, 4) is 0 Å². The first-order chi connectivity index (χ1) is 7.58. The lowest BCUT2D eigenvalue weighted by Crippen LogP contribution is -2.36. The molecule has 3 N–H and O–H groups in total. The summed E-state index contributed by atoms with van der Waals surface area (Å²) in [7, 11) is 0. The van der Waals surface area contributed by atoms with Crippen LogP contribution >= 0.6 is 11.3 Å². The predicted molar refractivity (Wildman–Crippen MR) is 72.1 cm³/mol. The number of aromatic nitrogens is 1. The Labute approximate surface area is 102 Å². The standard InChI is InChI=1S/C12H23N3S/c1-5-10(6-2)11(13)7-14-12-15-8(3)9(4)16-12/h10-11H,5-7,13H2,1-4H3,(H,14,15). The summed E-state index contributed by atoms with van der Waals surface area (Å²) in [4.78, 5) is 5.72. The number of hydrogen-bond acceptors (Lipinski definition) is 4. The molecule has 0 amide bonds. The average molecular weight is 241 g/mol. The van der Waals surface area contributed by atoms with Crippen LogP contribution in [-0.2, 0) is 0 Å². The Morgan fingerprint density at radius 2 is 1.94 bits per heavy atom. The Bertz CT molecular complexity index is 299. The van der Waals surface area contributed by atoms with Crippen LogP contribution in [0.1, 0.15) is 37.3 Å². The first-order valence-electron chi connectivity index (χ1n) is 6.01.